The van der Waals surface area contributed by atoms with E-state index in [1.54, 1.807) is 10.7 Å². The summed E-state index contributed by atoms with van der Waals surface area (Å²) in [5.74, 6) is 0.774. The molecule has 0 aliphatic rings. The maximum atomic E-state index is 5.97. The second-order valence-electron chi connectivity index (χ2n) is 9.20. The van der Waals surface area contributed by atoms with Crippen LogP contribution in [0.2, 0.25) is 0 Å². The number of pyridine rings is 2. The fourth-order valence-electron chi connectivity index (χ4n) is 4.56. The zero-order chi connectivity index (χ0) is 25.6. The van der Waals surface area contributed by atoms with Crippen molar-refractivity contribution < 1.29 is 4.74 Å². The molecule has 0 bridgehead atoms. The summed E-state index contributed by atoms with van der Waals surface area (Å²) in [6, 6.07) is 13.7. The molecule has 0 saturated carbocycles. The SMILES string of the molecule is [B]c1ccc2c(-c3cnn4cc(-c5ccc(OCCN(CCC)CCCC)cn5)cnc34)cccc2n1. The van der Waals surface area contributed by atoms with Crippen LogP contribution in [0.5, 0.6) is 5.75 Å². The van der Waals surface area contributed by atoms with E-state index in [1.165, 1.54) is 12.8 Å². The van der Waals surface area contributed by atoms with Gasteiger partial charge in [-0.05, 0) is 55.3 Å². The Hall–Kier alpha value is -3.78. The monoisotopic (exact) mass is 490 g/mol. The van der Waals surface area contributed by atoms with E-state index in [1.807, 2.05) is 55.0 Å². The lowest BCUT2D eigenvalue weighted by Gasteiger charge is -2.21. The summed E-state index contributed by atoms with van der Waals surface area (Å²) in [6.45, 7) is 8.27. The fraction of sp³-hybridized carbons (Fsp3) is 0.310. The van der Waals surface area contributed by atoms with Crippen molar-refractivity contribution in [1.82, 2.24) is 29.5 Å². The molecule has 186 valence electrons. The number of ether oxygens (including phenoxy) is 1. The Balaban J connectivity index is 1.30. The molecule has 5 rings (SSSR count). The highest BCUT2D eigenvalue weighted by molar-refractivity contribution is 6.31. The minimum atomic E-state index is 0.502. The highest BCUT2D eigenvalue weighted by Gasteiger charge is 2.13. The van der Waals surface area contributed by atoms with Crippen LogP contribution in [0.25, 0.3) is 38.9 Å². The van der Waals surface area contributed by atoms with Crippen molar-refractivity contribution in [3.8, 4) is 28.1 Å². The highest BCUT2D eigenvalue weighted by Crippen LogP contribution is 2.30. The van der Waals surface area contributed by atoms with Crippen molar-refractivity contribution in [2.24, 2.45) is 0 Å². The maximum absolute atomic E-state index is 5.97. The smallest absolute Gasteiger partial charge is 0.162 e. The van der Waals surface area contributed by atoms with Crippen molar-refractivity contribution in [2.45, 2.75) is 33.1 Å². The minimum absolute atomic E-state index is 0.502. The summed E-state index contributed by atoms with van der Waals surface area (Å²) in [5, 5.41) is 5.58. The summed E-state index contributed by atoms with van der Waals surface area (Å²) in [4.78, 5) is 16.3. The molecule has 1 aromatic carbocycles. The highest BCUT2D eigenvalue weighted by atomic mass is 16.5. The Morgan fingerprint density at radius 1 is 0.892 bits per heavy atom. The molecule has 0 unspecified atom stereocenters. The molecule has 8 heteroatoms. The molecule has 5 aromatic rings. The Morgan fingerprint density at radius 2 is 1.81 bits per heavy atom. The van der Waals surface area contributed by atoms with Gasteiger partial charge < -0.3 is 4.74 Å². The van der Waals surface area contributed by atoms with Gasteiger partial charge >= 0.3 is 0 Å². The molecule has 0 spiro atoms. The second-order valence-corrected chi connectivity index (χ2v) is 9.20. The molecule has 0 aliphatic heterocycles. The number of nitrogens with zero attached hydrogens (tertiary/aromatic N) is 6. The van der Waals surface area contributed by atoms with Crippen LogP contribution < -0.4 is 10.3 Å². The van der Waals surface area contributed by atoms with Gasteiger partial charge in [0, 0.05) is 35.5 Å². The van der Waals surface area contributed by atoms with Crippen LogP contribution in [0.4, 0.5) is 0 Å². The van der Waals surface area contributed by atoms with Crippen LogP contribution in [0.1, 0.15) is 33.1 Å². The lowest BCUT2D eigenvalue weighted by Crippen LogP contribution is -2.30. The van der Waals surface area contributed by atoms with Crippen LogP contribution >= 0.6 is 0 Å². The average Bonchev–Trinajstić information content (AvgIpc) is 3.34. The predicted molar refractivity (Wildman–Crippen MR) is 149 cm³/mol. The van der Waals surface area contributed by atoms with Gasteiger partial charge in [0.05, 0.1) is 23.6 Å². The summed E-state index contributed by atoms with van der Waals surface area (Å²) < 4.78 is 7.76. The van der Waals surface area contributed by atoms with Gasteiger partial charge in [-0.3, -0.25) is 14.9 Å². The molecule has 4 aromatic heterocycles. The lowest BCUT2D eigenvalue weighted by atomic mass is 9.99. The van der Waals surface area contributed by atoms with Crippen LogP contribution in [0.15, 0.2) is 67.3 Å². The molecule has 0 aliphatic carbocycles. The summed E-state index contributed by atoms with van der Waals surface area (Å²) >= 11 is 0. The lowest BCUT2D eigenvalue weighted by molar-refractivity contribution is 0.206. The van der Waals surface area contributed by atoms with E-state index in [9.17, 15) is 0 Å². The summed E-state index contributed by atoms with van der Waals surface area (Å²) in [5.41, 5.74) is 5.78. The van der Waals surface area contributed by atoms with E-state index in [-0.39, 0.29) is 0 Å². The van der Waals surface area contributed by atoms with Crippen molar-refractivity contribution in [3.05, 3.63) is 67.3 Å². The molecular formula is C29H31BN6O. The molecule has 7 nitrogen and oxygen atoms in total. The van der Waals surface area contributed by atoms with E-state index in [2.05, 4.69) is 39.9 Å². The van der Waals surface area contributed by atoms with E-state index in [0.717, 1.165) is 70.7 Å². The number of hydrogen-bond donors (Lipinski definition) is 0. The molecule has 0 saturated heterocycles. The first-order valence-electron chi connectivity index (χ1n) is 13.0. The molecule has 0 amide bonds. The van der Waals surface area contributed by atoms with Crippen LogP contribution in [-0.2, 0) is 0 Å². The van der Waals surface area contributed by atoms with Crippen LogP contribution in [0.3, 0.4) is 0 Å². The molecule has 0 atom stereocenters. The van der Waals surface area contributed by atoms with Gasteiger partial charge in [0.2, 0.25) is 0 Å². The third kappa shape index (κ3) is 5.64. The molecule has 4 heterocycles. The van der Waals surface area contributed by atoms with Gasteiger partial charge in [0.25, 0.3) is 0 Å². The maximum Gasteiger partial charge on any atom is 0.162 e. The minimum Gasteiger partial charge on any atom is -0.491 e. The first-order valence-corrected chi connectivity index (χ1v) is 13.0. The fourth-order valence-corrected chi connectivity index (χ4v) is 4.56. The van der Waals surface area contributed by atoms with Crippen molar-refractivity contribution in [1.29, 1.82) is 0 Å². The predicted octanol–water partition coefficient (Wildman–Crippen LogP) is 4.69. The number of unbranched alkanes of at least 4 members (excludes halogenated alkanes) is 1. The normalized spacial score (nSPS) is 11.5. The van der Waals surface area contributed by atoms with Gasteiger partial charge in [-0.25, -0.2) is 9.50 Å². The second kappa shape index (κ2) is 11.5. The van der Waals surface area contributed by atoms with Gasteiger partial charge in [-0.1, -0.05) is 44.5 Å². The molecule has 37 heavy (non-hydrogen) atoms. The Labute approximate surface area is 219 Å². The Kier molecular flexibility index (Phi) is 7.75. The Morgan fingerprint density at radius 3 is 2.62 bits per heavy atom. The molecule has 0 fully saturated rings. The van der Waals surface area contributed by atoms with Gasteiger partial charge in [0.1, 0.15) is 20.2 Å². The molecular weight excluding hydrogens is 459 g/mol. The summed E-state index contributed by atoms with van der Waals surface area (Å²) in [7, 11) is 5.87. The topological polar surface area (TPSA) is 68.4 Å². The third-order valence-electron chi connectivity index (χ3n) is 6.48. The number of fused-ring (bicyclic) bond motifs is 2. The molecule has 2 radical (unpaired) electrons. The Bertz CT molecular complexity index is 1480. The number of rotatable bonds is 11. The first kappa shape index (κ1) is 24.9. The number of aromatic nitrogens is 5. The zero-order valence-corrected chi connectivity index (χ0v) is 21.5. The first-order chi connectivity index (χ1) is 18.2. The van der Waals surface area contributed by atoms with Crippen LogP contribution in [0, 0.1) is 0 Å². The van der Waals surface area contributed by atoms with Gasteiger partial charge in [-0.2, -0.15) is 5.10 Å². The van der Waals surface area contributed by atoms with E-state index >= 15 is 0 Å². The third-order valence-corrected chi connectivity index (χ3v) is 6.48. The standard InChI is InChI=1S/C29H31BN6O/c1-3-5-14-35(13-4-2)15-16-37-22-9-11-26(31-18-22)21-17-32-29-25(19-33-36(29)20-21)23-7-6-8-27-24(23)10-12-28(30)34-27/h6-12,17-20H,3-5,13-16H2,1-2H3. The van der Waals surface area contributed by atoms with Crippen molar-refractivity contribution >= 4 is 30.0 Å². The quantitative estimate of drug-likeness (QED) is 0.250. The van der Waals surface area contributed by atoms with Crippen molar-refractivity contribution in [3.63, 3.8) is 0 Å². The van der Waals surface area contributed by atoms with Crippen molar-refractivity contribution in [2.75, 3.05) is 26.2 Å². The molecule has 0 N–H and O–H groups in total. The van der Waals surface area contributed by atoms with E-state index < -0.39 is 0 Å². The number of hydrogen-bond acceptors (Lipinski definition) is 6. The zero-order valence-electron chi connectivity index (χ0n) is 21.5. The van der Waals surface area contributed by atoms with Crippen LogP contribution in [-0.4, -0.2) is 63.6 Å². The van der Waals surface area contributed by atoms with E-state index in [4.69, 9.17) is 17.6 Å². The largest absolute Gasteiger partial charge is 0.491 e. The number of benzene rings is 1. The van der Waals surface area contributed by atoms with E-state index in [0.29, 0.717) is 12.2 Å². The van der Waals surface area contributed by atoms with Gasteiger partial charge in [-0.15, -0.1) is 0 Å². The van der Waals surface area contributed by atoms with Gasteiger partial charge in [0.15, 0.2) is 5.65 Å². The summed E-state index contributed by atoms with van der Waals surface area (Å²) in [6.07, 6.45) is 11.0. The average molecular weight is 490 g/mol.